The fourth-order valence-corrected chi connectivity index (χ4v) is 5.68. The summed E-state index contributed by atoms with van der Waals surface area (Å²) >= 11 is 0. The van der Waals surface area contributed by atoms with Gasteiger partial charge in [0.25, 0.3) is 0 Å². The summed E-state index contributed by atoms with van der Waals surface area (Å²) < 4.78 is 30.9. The molecule has 2 bridgehead atoms. The summed E-state index contributed by atoms with van der Waals surface area (Å²) in [7, 11) is 0. The van der Waals surface area contributed by atoms with Gasteiger partial charge >= 0.3 is 0 Å². The molecule has 2 aliphatic rings. The van der Waals surface area contributed by atoms with E-state index in [0.717, 1.165) is 31.6 Å². The summed E-state index contributed by atoms with van der Waals surface area (Å²) in [5.74, 6) is 1.49. The van der Waals surface area contributed by atoms with Crippen LogP contribution in [0.25, 0.3) is 32.9 Å². The average molecular weight is 471 g/mol. The van der Waals surface area contributed by atoms with Crippen LogP contribution in [0.4, 0.5) is 14.5 Å². The molecule has 2 N–H and O–H groups in total. The van der Waals surface area contributed by atoms with Crippen molar-refractivity contribution in [2.24, 2.45) is 0 Å². The smallest absolute Gasteiger partial charge is 0.175 e. The third kappa shape index (κ3) is 3.48. The van der Waals surface area contributed by atoms with Crippen LogP contribution in [-0.2, 0) is 6.42 Å². The fourth-order valence-electron chi connectivity index (χ4n) is 5.68. The lowest BCUT2D eigenvalue weighted by molar-refractivity contribution is 0.466. The molecule has 0 spiro atoms. The Bertz CT molecular complexity index is 1530. The largest absolute Gasteiger partial charge is 0.508 e. The number of aryl methyl sites for hydroxylation is 1. The van der Waals surface area contributed by atoms with E-state index in [1.807, 2.05) is 13.0 Å². The number of pyridine rings is 2. The summed E-state index contributed by atoms with van der Waals surface area (Å²) in [4.78, 5) is 11.2. The van der Waals surface area contributed by atoms with Gasteiger partial charge in [0.2, 0.25) is 0 Å². The van der Waals surface area contributed by atoms with E-state index in [1.54, 1.807) is 18.3 Å². The van der Waals surface area contributed by atoms with Crippen molar-refractivity contribution in [3.8, 4) is 29.4 Å². The van der Waals surface area contributed by atoms with Crippen LogP contribution in [0.2, 0.25) is 0 Å². The van der Waals surface area contributed by atoms with Crippen LogP contribution in [0.1, 0.15) is 31.0 Å². The lowest BCUT2D eigenvalue weighted by Crippen LogP contribution is -2.51. The van der Waals surface area contributed by atoms with Crippen molar-refractivity contribution in [3.05, 3.63) is 59.4 Å². The highest BCUT2D eigenvalue weighted by molar-refractivity contribution is 6.02. The zero-order valence-corrected chi connectivity index (χ0v) is 19.3. The van der Waals surface area contributed by atoms with E-state index >= 15 is 4.39 Å². The molecule has 7 heteroatoms. The minimum Gasteiger partial charge on any atom is -0.508 e. The van der Waals surface area contributed by atoms with Crippen molar-refractivity contribution in [2.45, 2.75) is 38.3 Å². The number of phenolic OH excluding ortho intramolecular Hbond substituents is 1. The number of rotatable bonds is 3. The molecule has 0 amide bonds. The molecule has 176 valence electrons. The van der Waals surface area contributed by atoms with Gasteiger partial charge in [-0.3, -0.25) is 4.98 Å². The lowest BCUT2D eigenvalue weighted by Gasteiger charge is -2.35. The van der Waals surface area contributed by atoms with Gasteiger partial charge in [0.15, 0.2) is 5.82 Å². The molecule has 4 aromatic rings. The lowest BCUT2D eigenvalue weighted by atomic mass is 9.94. The molecule has 0 saturated carbocycles. The minimum atomic E-state index is -0.642. The number of nitrogens with zero attached hydrogens (tertiary/aromatic N) is 3. The summed E-state index contributed by atoms with van der Waals surface area (Å²) in [5.41, 5.74) is 2.06. The predicted molar refractivity (Wildman–Crippen MR) is 134 cm³/mol. The maximum atomic E-state index is 16.2. The molecule has 2 saturated heterocycles. The van der Waals surface area contributed by atoms with Crippen LogP contribution < -0.4 is 10.2 Å². The van der Waals surface area contributed by atoms with Gasteiger partial charge in [0, 0.05) is 42.3 Å². The Kier molecular flexibility index (Phi) is 5.08. The molecule has 2 unspecified atom stereocenters. The van der Waals surface area contributed by atoms with E-state index in [-0.39, 0.29) is 22.8 Å². The Labute approximate surface area is 201 Å². The number of phenols is 1. The summed E-state index contributed by atoms with van der Waals surface area (Å²) in [6.45, 7) is 3.45. The Hall–Kier alpha value is -3.76. The number of terminal acetylenes is 1. The number of benzene rings is 2. The maximum Gasteiger partial charge on any atom is 0.175 e. The van der Waals surface area contributed by atoms with Crippen LogP contribution in [0.5, 0.6) is 5.75 Å². The number of fused-ring (bicyclic) bond motifs is 4. The van der Waals surface area contributed by atoms with E-state index in [4.69, 9.17) is 6.42 Å². The van der Waals surface area contributed by atoms with Gasteiger partial charge in [-0.05, 0) is 59.9 Å². The second-order valence-electron chi connectivity index (χ2n) is 9.37. The first-order valence-electron chi connectivity index (χ1n) is 11.9. The van der Waals surface area contributed by atoms with Gasteiger partial charge in [-0.1, -0.05) is 18.9 Å². The summed E-state index contributed by atoms with van der Waals surface area (Å²) in [6.07, 6.45) is 9.95. The highest BCUT2D eigenvalue weighted by Crippen LogP contribution is 2.39. The summed E-state index contributed by atoms with van der Waals surface area (Å²) in [5, 5.41) is 15.7. The van der Waals surface area contributed by atoms with Gasteiger partial charge in [-0.15, -0.1) is 6.42 Å². The molecule has 2 aromatic heterocycles. The van der Waals surface area contributed by atoms with Crippen molar-refractivity contribution < 1.29 is 13.9 Å². The van der Waals surface area contributed by atoms with Crippen molar-refractivity contribution >= 4 is 27.4 Å². The standard InChI is InChI=1S/C28H24F2N4O/c1-3-16-10-24(34-13-17-6-7-18(14-34)32-17)22-12-31-27(26(30)28(22)33-16)21-11-19(35)9-15-5-8-23(29)20(4-2)25(15)21/h1,5,8-12,17-18,32,35H,4,6-7,13-14H2,2H3. The van der Waals surface area contributed by atoms with Crippen LogP contribution >= 0.6 is 0 Å². The zero-order valence-electron chi connectivity index (χ0n) is 19.3. The summed E-state index contributed by atoms with van der Waals surface area (Å²) in [6, 6.07) is 8.52. The van der Waals surface area contributed by atoms with Gasteiger partial charge in [-0.2, -0.15) is 0 Å². The van der Waals surface area contributed by atoms with Gasteiger partial charge < -0.3 is 15.3 Å². The fraction of sp³-hybridized carbons (Fsp3) is 0.286. The van der Waals surface area contributed by atoms with E-state index in [9.17, 15) is 9.50 Å². The first-order chi connectivity index (χ1) is 17.0. The van der Waals surface area contributed by atoms with Gasteiger partial charge in [0.05, 0.1) is 5.69 Å². The molecule has 2 aromatic carbocycles. The molecule has 2 aliphatic heterocycles. The van der Waals surface area contributed by atoms with Gasteiger partial charge in [-0.25, -0.2) is 13.8 Å². The molecule has 4 heterocycles. The number of hydrogen-bond donors (Lipinski definition) is 2. The average Bonchev–Trinajstić information content (AvgIpc) is 3.20. The number of piperazine rings is 1. The number of aromatic hydroxyl groups is 1. The Morgan fingerprint density at radius 3 is 2.66 bits per heavy atom. The molecule has 35 heavy (non-hydrogen) atoms. The first-order valence-corrected chi connectivity index (χ1v) is 11.9. The third-order valence-electron chi connectivity index (χ3n) is 7.24. The molecular formula is C28H24F2N4O. The molecule has 2 fully saturated rings. The quantitative estimate of drug-likeness (QED) is 0.417. The number of hydrogen-bond acceptors (Lipinski definition) is 5. The highest BCUT2D eigenvalue weighted by atomic mass is 19.1. The third-order valence-corrected chi connectivity index (χ3v) is 7.24. The highest BCUT2D eigenvalue weighted by Gasteiger charge is 2.33. The molecule has 5 nitrogen and oxygen atoms in total. The van der Waals surface area contributed by atoms with E-state index < -0.39 is 5.82 Å². The Morgan fingerprint density at radius 2 is 1.94 bits per heavy atom. The number of nitrogens with one attached hydrogen (secondary N) is 1. The molecule has 0 radical (unpaired) electrons. The van der Waals surface area contributed by atoms with Crippen molar-refractivity contribution in [3.63, 3.8) is 0 Å². The van der Waals surface area contributed by atoms with Crippen LogP contribution in [0.3, 0.4) is 0 Å². The van der Waals surface area contributed by atoms with Crippen molar-refractivity contribution in [2.75, 3.05) is 18.0 Å². The van der Waals surface area contributed by atoms with E-state index in [1.165, 1.54) is 12.1 Å². The van der Waals surface area contributed by atoms with E-state index in [2.05, 4.69) is 26.1 Å². The normalized spacial score (nSPS) is 19.4. The Balaban J connectivity index is 1.59. The van der Waals surface area contributed by atoms with Crippen LogP contribution in [-0.4, -0.2) is 40.2 Å². The SMILES string of the molecule is C#Cc1cc(N2CC3CCC(C2)N3)c2cnc(-c3cc(O)cc4ccc(F)c(CC)c34)c(F)c2n1. The van der Waals surface area contributed by atoms with Crippen molar-refractivity contribution in [1.29, 1.82) is 0 Å². The topological polar surface area (TPSA) is 61.3 Å². The van der Waals surface area contributed by atoms with Gasteiger partial charge in [0.1, 0.15) is 28.5 Å². The van der Waals surface area contributed by atoms with Crippen LogP contribution in [0.15, 0.2) is 36.5 Å². The van der Waals surface area contributed by atoms with Crippen LogP contribution in [0, 0.1) is 24.0 Å². The van der Waals surface area contributed by atoms with E-state index in [0.29, 0.717) is 51.5 Å². The zero-order chi connectivity index (χ0) is 24.3. The molecule has 0 aliphatic carbocycles. The molecule has 2 atom stereocenters. The first kappa shape index (κ1) is 21.8. The predicted octanol–water partition coefficient (Wildman–Crippen LogP) is 4.92. The maximum absolute atomic E-state index is 16.2. The number of anilines is 1. The molecular weight excluding hydrogens is 446 g/mol. The number of aromatic nitrogens is 2. The number of halogens is 2. The monoisotopic (exact) mass is 470 g/mol. The Morgan fingerprint density at radius 1 is 1.17 bits per heavy atom. The second-order valence-corrected chi connectivity index (χ2v) is 9.37. The second kappa shape index (κ2) is 8.17. The van der Waals surface area contributed by atoms with Crippen molar-refractivity contribution in [1.82, 2.24) is 15.3 Å². The minimum absolute atomic E-state index is 0.00621. The molecule has 6 rings (SSSR count).